The van der Waals surface area contributed by atoms with Crippen LogP contribution in [0.25, 0.3) is 0 Å². The summed E-state index contributed by atoms with van der Waals surface area (Å²) in [6.07, 6.45) is 0.511. The molecule has 3 N–H and O–H groups in total. The highest BCUT2D eigenvalue weighted by molar-refractivity contribution is 7.89. The molecule has 1 atom stereocenters. The summed E-state index contributed by atoms with van der Waals surface area (Å²) in [5.41, 5.74) is 1.80. The normalized spacial score (nSPS) is 17.2. The van der Waals surface area contributed by atoms with E-state index >= 15 is 0 Å². The number of rotatable bonds is 7. The topological polar surface area (TPSA) is 119 Å². The Bertz CT molecular complexity index is 961. The van der Waals surface area contributed by atoms with E-state index < -0.39 is 16.1 Å². The van der Waals surface area contributed by atoms with Crippen LogP contribution in [-0.2, 0) is 37.3 Å². The summed E-state index contributed by atoms with van der Waals surface area (Å²) >= 11 is 0. The number of morpholine rings is 1. The predicted octanol–water partition coefficient (Wildman–Crippen LogP) is 0.420. The lowest BCUT2D eigenvalue weighted by Gasteiger charge is -2.34. The van der Waals surface area contributed by atoms with E-state index in [1.54, 1.807) is 12.1 Å². The van der Waals surface area contributed by atoms with Gasteiger partial charge in [0.1, 0.15) is 12.6 Å². The summed E-state index contributed by atoms with van der Waals surface area (Å²) < 4.78 is 27.8. The Hall–Kier alpha value is -2.75. The zero-order valence-corrected chi connectivity index (χ0v) is 16.6. The minimum Gasteiger partial charge on any atom is -0.369 e. The first-order valence-electron chi connectivity index (χ1n) is 9.15. The molecule has 0 bridgehead atoms. The maximum absolute atomic E-state index is 12.6. The van der Waals surface area contributed by atoms with Crippen molar-refractivity contribution >= 4 is 21.8 Å². The van der Waals surface area contributed by atoms with Gasteiger partial charge in [0, 0.05) is 13.1 Å². The van der Waals surface area contributed by atoms with Gasteiger partial charge in [-0.1, -0.05) is 42.5 Å². The first kappa shape index (κ1) is 21.0. The fourth-order valence-corrected chi connectivity index (χ4v) is 3.61. The largest absolute Gasteiger partial charge is 0.369 e. The van der Waals surface area contributed by atoms with Crippen LogP contribution < -0.4 is 10.5 Å². The summed E-state index contributed by atoms with van der Waals surface area (Å²) in [5, 5.41) is 7.91. The van der Waals surface area contributed by atoms with Crippen molar-refractivity contribution < 1.29 is 22.7 Å². The monoisotopic (exact) mass is 417 g/mol. The third-order valence-corrected chi connectivity index (χ3v) is 5.59. The van der Waals surface area contributed by atoms with Gasteiger partial charge in [0.2, 0.25) is 21.8 Å². The van der Waals surface area contributed by atoms with Gasteiger partial charge in [0.05, 0.1) is 11.5 Å². The second kappa shape index (κ2) is 9.17. The van der Waals surface area contributed by atoms with Crippen LogP contribution in [0.2, 0.25) is 0 Å². The molecule has 0 aromatic heterocycles. The van der Waals surface area contributed by atoms with Crippen LogP contribution in [0.4, 0.5) is 0 Å². The van der Waals surface area contributed by atoms with Gasteiger partial charge < -0.3 is 15.0 Å². The third-order valence-electron chi connectivity index (χ3n) is 4.66. The second-order valence-corrected chi connectivity index (χ2v) is 8.33. The van der Waals surface area contributed by atoms with Gasteiger partial charge in [-0.3, -0.25) is 9.59 Å². The molecule has 1 saturated heterocycles. The molecule has 0 unspecified atom stereocenters. The van der Waals surface area contributed by atoms with Crippen molar-refractivity contribution in [3.63, 3.8) is 0 Å². The van der Waals surface area contributed by atoms with E-state index in [2.05, 4.69) is 5.32 Å². The number of hydrogen-bond donors (Lipinski definition) is 2. The highest BCUT2D eigenvalue weighted by atomic mass is 32.2. The van der Waals surface area contributed by atoms with E-state index in [1.807, 2.05) is 30.3 Å². The van der Waals surface area contributed by atoms with E-state index in [0.29, 0.717) is 19.5 Å². The number of hydrogen-bond acceptors (Lipinski definition) is 5. The lowest BCUT2D eigenvalue weighted by molar-refractivity contribution is -0.155. The average Bonchev–Trinajstić information content (AvgIpc) is 2.70. The third kappa shape index (κ3) is 5.63. The zero-order valence-electron chi connectivity index (χ0n) is 15.8. The highest BCUT2D eigenvalue weighted by Gasteiger charge is 2.33. The SMILES string of the molecule is NS(=O)(=O)c1ccc(CCNC(=O)[C@H]2COCC(=O)N2Cc2ccccc2)cc1. The number of carbonyl (C=O) groups excluding carboxylic acids is 2. The Morgan fingerprint density at radius 3 is 2.45 bits per heavy atom. The fourth-order valence-electron chi connectivity index (χ4n) is 3.09. The van der Waals surface area contributed by atoms with Crippen LogP contribution >= 0.6 is 0 Å². The van der Waals surface area contributed by atoms with E-state index in [-0.39, 0.29) is 29.9 Å². The number of benzene rings is 2. The summed E-state index contributed by atoms with van der Waals surface area (Å²) in [6.45, 7) is 0.800. The molecule has 29 heavy (non-hydrogen) atoms. The Morgan fingerprint density at radius 1 is 1.10 bits per heavy atom. The van der Waals surface area contributed by atoms with Crippen molar-refractivity contribution in [2.45, 2.75) is 23.9 Å². The Morgan fingerprint density at radius 2 is 1.79 bits per heavy atom. The molecule has 2 aromatic carbocycles. The number of nitrogens with two attached hydrogens (primary N) is 1. The molecule has 1 heterocycles. The average molecular weight is 417 g/mol. The molecule has 0 spiro atoms. The Kier molecular flexibility index (Phi) is 6.63. The molecule has 9 heteroatoms. The van der Waals surface area contributed by atoms with Crippen LogP contribution in [0.1, 0.15) is 11.1 Å². The standard InChI is InChI=1S/C20H23N3O5S/c21-29(26,27)17-8-6-15(7-9-17)10-11-22-20(25)18-13-28-14-19(24)23(18)12-16-4-2-1-3-5-16/h1-9,18H,10-14H2,(H,22,25)(H2,21,26,27)/t18-/m1/s1. The van der Waals surface area contributed by atoms with Crippen LogP contribution in [-0.4, -0.2) is 50.9 Å². The summed E-state index contributed by atoms with van der Waals surface area (Å²) in [4.78, 5) is 26.5. The van der Waals surface area contributed by atoms with E-state index in [9.17, 15) is 18.0 Å². The van der Waals surface area contributed by atoms with E-state index in [4.69, 9.17) is 9.88 Å². The van der Waals surface area contributed by atoms with Gasteiger partial charge in [0.25, 0.3) is 0 Å². The highest BCUT2D eigenvalue weighted by Crippen LogP contribution is 2.14. The second-order valence-electron chi connectivity index (χ2n) is 6.77. The van der Waals surface area contributed by atoms with Crippen LogP contribution in [0.15, 0.2) is 59.5 Å². The molecular formula is C20H23N3O5S. The molecule has 1 aliphatic rings. The van der Waals surface area contributed by atoms with Crippen molar-refractivity contribution in [2.24, 2.45) is 5.14 Å². The number of sulfonamides is 1. The zero-order chi connectivity index (χ0) is 20.9. The minimum absolute atomic E-state index is 0.0347. The summed E-state index contributed by atoms with van der Waals surface area (Å²) in [6, 6.07) is 15.0. The van der Waals surface area contributed by atoms with Crippen molar-refractivity contribution in [2.75, 3.05) is 19.8 Å². The molecule has 3 rings (SSSR count). The number of amides is 2. The predicted molar refractivity (Wildman–Crippen MR) is 106 cm³/mol. The van der Waals surface area contributed by atoms with Gasteiger partial charge in [-0.2, -0.15) is 0 Å². The molecule has 2 aromatic rings. The van der Waals surface area contributed by atoms with Crippen molar-refractivity contribution in [1.82, 2.24) is 10.2 Å². The van der Waals surface area contributed by atoms with Crippen molar-refractivity contribution in [1.29, 1.82) is 0 Å². The van der Waals surface area contributed by atoms with Gasteiger partial charge in [-0.05, 0) is 29.7 Å². The molecule has 0 radical (unpaired) electrons. The maximum Gasteiger partial charge on any atom is 0.249 e. The van der Waals surface area contributed by atoms with Crippen molar-refractivity contribution in [3.8, 4) is 0 Å². The van der Waals surface area contributed by atoms with Crippen LogP contribution in [0.3, 0.4) is 0 Å². The van der Waals surface area contributed by atoms with Crippen LogP contribution in [0.5, 0.6) is 0 Å². The van der Waals surface area contributed by atoms with Gasteiger partial charge in [-0.25, -0.2) is 13.6 Å². The summed E-state index contributed by atoms with van der Waals surface area (Å²) in [5.74, 6) is -0.506. The Labute approximate surface area is 169 Å². The minimum atomic E-state index is -3.73. The smallest absolute Gasteiger partial charge is 0.249 e. The summed E-state index contributed by atoms with van der Waals surface area (Å²) in [7, 11) is -3.73. The first-order valence-corrected chi connectivity index (χ1v) is 10.7. The number of nitrogens with zero attached hydrogens (tertiary/aromatic N) is 1. The lowest BCUT2D eigenvalue weighted by atomic mass is 10.1. The molecule has 0 saturated carbocycles. The molecule has 0 aliphatic carbocycles. The van der Waals surface area contributed by atoms with Crippen LogP contribution in [0, 0.1) is 0 Å². The number of primary sulfonamides is 1. The van der Waals surface area contributed by atoms with E-state index in [1.165, 1.54) is 17.0 Å². The molecular weight excluding hydrogens is 394 g/mol. The lowest BCUT2D eigenvalue weighted by Crippen LogP contribution is -2.56. The maximum atomic E-state index is 12.6. The Balaban J connectivity index is 1.57. The van der Waals surface area contributed by atoms with Gasteiger partial charge >= 0.3 is 0 Å². The quantitative estimate of drug-likeness (QED) is 0.677. The molecule has 154 valence electrons. The van der Waals surface area contributed by atoms with Crippen molar-refractivity contribution in [3.05, 3.63) is 65.7 Å². The molecule has 2 amide bonds. The molecule has 8 nitrogen and oxygen atoms in total. The molecule has 1 aliphatic heterocycles. The van der Waals surface area contributed by atoms with E-state index in [0.717, 1.165) is 11.1 Å². The molecule has 1 fully saturated rings. The van der Waals surface area contributed by atoms with Gasteiger partial charge in [-0.15, -0.1) is 0 Å². The number of ether oxygens (including phenoxy) is 1. The number of nitrogens with one attached hydrogen (secondary N) is 1. The first-order chi connectivity index (χ1) is 13.8. The number of carbonyl (C=O) groups is 2. The van der Waals surface area contributed by atoms with Gasteiger partial charge in [0.15, 0.2) is 0 Å². The fraction of sp³-hybridized carbons (Fsp3) is 0.300.